The number of halogens is 1. The summed E-state index contributed by atoms with van der Waals surface area (Å²) in [6, 6.07) is 6.04. The molecule has 3 nitrogen and oxygen atoms in total. The number of nitrogen functional groups attached to an aromatic ring is 1. The summed E-state index contributed by atoms with van der Waals surface area (Å²) in [6.45, 7) is 4.24. The highest BCUT2D eigenvalue weighted by Gasteiger charge is 2.29. The number of amides is 1. The number of benzene rings is 1. The maximum absolute atomic E-state index is 12.5. The second-order valence-corrected chi connectivity index (χ2v) is 5.93. The first-order valence-corrected chi connectivity index (χ1v) is 7.17. The first kappa shape index (κ1) is 13.4. The molecule has 0 spiro atoms. The van der Waals surface area contributed by atoms with Gasteiger partial charge < -0.3 is 10.6 Å². The molecule has 98 valence electrons. The Morgan fingerprint density at radius 3 is 2.50 bits per heavy atom. The Kier molecular flexibility index (Phi) is 3.95. The molecule has 1 saturated heterocycles. The number of hydrogen-bond acceptors (Lipinski definition) is 2. The van der Waals surface area contributed by atoms with Crippen LogP contribution in [0.1, 0.15) is 43.5 Å². The summed E-state index contributed by atoms with van der Waals surface area (Å²) in [4.78, 5) is 14.5. The van der Waals surface area contributed by atoms with E-state index in [-0.39, 0.29) is 5.91 Å². The number of rotatable bonds is 1. The van der Waals surface area contributed by atoms with Gasteiger partial charge in [-0.2, -0.15) is 0 Å². The fraction of sp³-hybridized carbons (Fsp3) is 0.500. The van der Waals surface area contributed by atoms with Crippen molar-refractivity contribution in [2.45, 2.75) is 45.2 Å². The molecule has 1 aromatic rings. The summed E-state index contributed by atoms with van der Waals surface area (Å²) >= 11 is 3.35. The van der Waals surface area contributed by atoms with E-state index in [1.807, 2.05) is 17.0 Å². The number of hydrogen-bond donors (Lipinski definition) is 1. The molecular formula is C14H19BrN2O. The molecule has 0 saturated carbocycles. The Morgan fingerprint density at radius 2 is 1.94 bits per heavy atom. The van der Waals surface area contributed by atoms with Crippen molar-refractivity contribution in [1.29, 1.82) is 0 Å². The van der Waals surface area contributed by atoms with Gasteiger partial charge in [0.05, 0.1) is 0 Å². The first-order chi connectivity index (χ1) is 8.50. The van der Waals surface area contributed by atoms with Crippen LogP contribution in [0.5, 0.6) is 0 Å². The molecule has 0 aliphatic carbocycles. The van der Waals surface area contributed by atoms with Crippen molar-refractivity contribution in [3.05, 3.63) is 28.2 Å². The molecule has 0 radical (unpaired) electrons. The van der Waals surface area contributed by atoms with E-state index in [1.165, 1.54) is 6.42 Å². The zero-order chi connectivity index (χ0) is 13.3. The zero-order valence-electron chi connectivity index (χ0n) is 10.8. The smallest absolute Gasteiger partial charge is 0.254 e. The highest BCUT2D eigenvalue weighted by atomic mass is 79.9. The zero-order valence-corrected chi connectivity index (χ0v) is 12.4. The lowest BCUT2D eigenvalue weighted by molar-refractivity contribution is 0.0511. The van der Waals surface area contributed by atoms with Crippen molar-refractivity contribution in [3.63, 3.8) is 0 Å². The van der Waals surface area contributed by atoms with Crippen molar-refractivity contribution in [2.75, 3.05) is 5.73 Å². The molecule has 2 N–H and O–H groups in total. The highest BCUT2D eigenvalue weighted by molar-refractivity contribution is 9.10. The quantitative estimate of drug-likeness (QED) is 0.808. The van der Waals surface area contributed by atoms with Gasteiger partial charge in [-0.3, -0.25) is 4.79 Å². The van der Waals surface area contributed by atoms with Gasteiger partial charge in [0.2, 0.25) is 0 Å². The lowest BCUT2D eigenvalue weighted by Gasteiger charge is -2.39. The van der Waals surface area contributed by atoms with Crippen molar-refractivity contribution in [3.8, 4) is 0 Å². The van der Waals surface area contributed by atoms with Crippen LogP contribution in [0.2, 0.25) is 0 Å². The lowest BCUT2D eigenvalue weighted by atomic mass is 9.96. The molecule has 1 fully saturated rings. The second kappa shape index (κ2) is 5.31. The third-order valence-corrected chi connectivity index (χ3v) is 4.39. The SMILES string of the molecule is C[C@@H]1CCC[C@@H](C)N1C(=O)c1ccc(Br)c(N)c1. The molecule has 1 amide bonds. The van der Waals surface area contributed by atoms with Crippen LogP contribution in [0.15, 0.2) is 22.7 Å². The van der Waals surface area contributed by atoms with Gasteiger partial charge in [-0.1, -0.05) is 0 Å². The van der Waals surface area contributed by atoms with Crippen LogP contribution < -0.4 is 5.73 Å². The molecule has 1 heterocycles. The number of carbonyl (C=O) groups excluding carboxylic acids is 1. The van der Waals surface area contributed by atoms with E-state index >= 15 is 0 Å². The van der Waals surface area contributed by atoms with Gasteiger partial charge in [0.15, 0.2) is 0 Å². The van der Waals surface area contributed by atoms with Gasteiger partial charge in [-0.25, -0.2) is 0 Å². The summed E-state index contributed by atoms with van der Waals surface area (Å²) in [5.74, 6) is 0.0916. The Hall–Kier alpha value is -1.03. The van der Waals surface area contributed by atoms with Crippen LogP contribution >= 0.6 is 15.9 Å². The molecule has 1 aliphatic heterocycles. The number of nitrogens with zero attached hydrogens (tertiary/aromatic N) is 1. The standard InChI is InChI=1S/C14H19BrN2O/c1-9-4-3-5-10(2)17(9)14(18)11-6-7-12(15)13(16)8-11/h6-10H,3-5,16H2,1-2H3/t9-,10-/m1/s1. The van der Waals surface area contributed by atoms with Gasteiger partial charge in [-0.15, -0.1) is 0 Å². The number of piperidine rings is 1. The largest absolute Gasteiger partial charge is 0.398 e. The van der Waals surface area contributed by atoms with Gasteiger partial charge in [-0.05, 0) is 67.2 Å². The van der Waals surface area contributed by atoms with Gasteiger partial charge >= 0.3 is 0 Å². The third kappa shape index (κ3) is 2.53. The van der Waals surface area contributed by atoms with E-state index in [4.69, 9.17) is 5.73 Å². The summed E-state index contributed by atoms with van der Waals surface area (Å²) in [6.07, 6.45) is 3.37. The maximum Gasteiger partial charge on any atom is 0.254 e. The average molecular weight is 311 g/mol. The fourth-order valence-electron chi connectivity index (χ4n) is 2.65. The minimum absolute atomic E-state index is 0.0916. The molecule has 4 heteroatoms. The molecular weight excluding hydrogens is 292 g/mol. The lowest BCUT2D eigenvalue weighted by Crippen LogP contribution is -2.47. The second-order valence-electron chi connectivity index (χ2n) is 5.08. The van der Waals surface area contributed by atoms with Crippen LogP contribution in [0.4, 0.5) is 5.69 Å². The summed E-state index contributed by atoms with van der Waals surface area (Å²) in [7, 11) is 0. The molecule has 2 rings (SSSR count). The predicted molar refractivity (Wildman–Crippen MR) is 77.5 cm³/mol. The summed E-state index contributed by atoms with van der Waals surface area (Å²) < 4.78 is 0.832. The molecule has 1 aliphatic rings. The summed E-state index contributed by atoms with van der Waals surface area (Å²) in [5.41, 5.74) is 7.13. The normalized spacial score (nSPS) is 24.1. The predicted octanol–water partition coefficient (Wildman–Crippen LogP) is 3.43. The topological polar surface area (TPSA) is 46.3 Å². The van der Waals surface area contributed by atoms with Gasteiger partial charge in [0.25, 0.3) is 5.91 Å². The fourth-order valence-corrected chi connectivity index (χ4v) is 2.89. The van der Waals surface area contributed by atoms with Gasteiger partial charge in [0.1, 0.15) is 0 Å². The minimum atomic E-state index is 0.0916. The molecule has 1 aromatic carbocycles. The monoisotopic (exact) mass is 310 g/mol. The van der Waals surface area contributed by atoms with Crippen molar-refractivity contribution >= 4 is 27.5 Å². The number of likely N-dealkylation sites (tertiary alicyclic amines) is 1. The Morgan fingerprint density at radius 1 is 1.33 bits per heavy atom. The third-order valence-electron chi connectivity index (χ3n) is 3.67. The van der Waals surface area contributed by atoms with E-state index in [1.54, 1.807) is 6.07 Å². The highest BCUT2D eigenvalue weighted by Crippen LogP contribution is 2.26. The van der Waals surface area contributed by atoms with E-state index in [9.17, 15) is 4.79 Å². The van der Waals surface area contributed by atoms with Crippen molar-refractivity contribution in [1.82, 2.24) is 4.90 Å². The van der Waals surface area contributed by atoms with E-state index < -0.39 is 0 Å². The average Bonchev–Trinajstić information content (AvgIpc) is 2.32. The van der Waals surface area contributed by atoms with Crippen LogP contribution in [-0.2, 0) is 0 Å². The van der Waals surface area contributed by atoms with Gasteiger partial charge in [0, 0.05) is 27.8 Å². The molecule has 0 unspecified atom stereocenters. The number of carbonyl (C=O) groups is 1. The van der Waals surface area contributed by atoms with Crippen LogP contribution in [0.3, 0.4) is 0 Å². The Bertz CT molecular complexity index is 451. The Labute approximate surface area is 116 Å². The van der Waals surface area contributed by atoms with Crippen LogP contribution in [0, 0.1) is 0 Å². The van der Waals surface area contributed by atoms with Crippen molar-refractivity contribution < 1.29 is 4.79 Å². The Balaban J connectivity index is 2.26. The van der Waals surface area contributed by atoms with E-state index in [2.05, 4.69) is 29.8 Å². The van der Waals surface area contributed by atoms with Crippen molar-refractivity contribution in [2.24, 2.45) is 0 Å². The summed E-state index contributed by atoms with van der Waals surface area (Å²) in [5, 5.41) is 0. The minimum Gasteiger partial charge on any atom is -0.398 e. The van der Waals surface area contributed by atoms with E-state index in [0.29, 0.717) is 23.3 Å². The number of nitrogens with two attached hydrogens (primary N) is 1. The number of anilines is 1. The molecule has 0 aromatic heterocycles. The molecule has 0 bridgehead atoms. The first-order valence-electron chi connectivity index (χ1n) is 6.38. The molecule has 2 atom stereocenters. The van der Waals surface area contributed by atoms with Crippen LogP contribution in [0.25, 0.3) is 0 Å². The van der Waals surface area contributed by atoms with Crippen LogP contribution in [-0.4, -0.2) is 22.9 Å². The van der Waals surface area contributed by atoms with E-state index in [0.717, 1.165) is 17.3 Å². The maximum atomic E-state index is 12.5. The molecule has 18 heavy (non-hydrogen) atoms.